The summed E-state index contributed by atoms with van der Waals surface area (Å²) in [5, 5.41) is 3.81. The van der Waals surface area contributed by atoms with Gasteiger partial charge in [-0.15, -0.1) is 0 Å². The molecular weight excluding hydrogens is 318 g/mol. The fourth-order valence-electron chi connectivity index (χ4n) is 2.72. The van der Waals surface area contributed by atoms with E-state index in [2.05, 4.69) is 15.3 Å². The minimum absolute atomic E-state index is 0.0259. The number of carbonyl (C=O) groups is 1. The van der Waals surface area contributed by atoms with Crippen LogP contribution in [0.4, 0.5) is 5.82 Å². The average Bonchev–Trinajstić information content (AvgIpc) is 2.49. The number of aryl methyl sites for hydroxylation is 1. The predicted octanol–water partition coefficient (Wildman–Crippen LogP) is 0.936. The van der Waals surface area contributed by atoms with E-state index in [0.717, 1.165) is 16.5 Å². The molecule has 0 aliphatic carbocycles. The summed E-state index contributed by atoms with van der Waals surface area (Å²) >= 11 is 0. The monoisotopic (exact) mass is 335 g/mol. The fraction of sp³-hybridized carbons (Fsp3) is 0.400. The molecule has 1 fully saturated rings. The Morgan fingerprint density at radius 2 is 2.09 bits per heavy atom. The zero-order valence-corrected chi connectivity index (χ0v) is 13.6. The highest BCUT2D eigenvalue weighted by Gasteiger charge is 2.43. The highest BCUT2D eigenvalue weighted by Crippen LogP contribution is 2.27. The van der Waals surface area contributed by atoms with Gasteiger partial charge in [-0.2, -0.15) is 0 Å². The summed E-state index contributed by atoms with van der Waals surface area (Å²) in [6, 6.07) is 4.97. The second kappa shape index (κ2) is 5.77. The first-order valence-electron chi connectivity index (χ1n) is 7.16. The lowest BCUT2D eigenvalue weighted by atomic mass is 10.0. The molecule has 1 aromatic carbocycles. The van der Waals surface area contributed by atoms with Crippen molar-refractivity contribution in [2.75, 3.05) is 23.9 Å². The first kappa shape index (κ1) is 15.7. The van der Waals surface area contributed by atoms with Gasteiger partial charge in [0.1, 0.15) is 18.2 Å². The van der Waals surface area contributed by atoms with Crippen LogP contribution in [0.3, 0.4) is 0 Å². The second-order valence-corrected chi connectivity index (χ2v) is 7.88. The van der Waals surface area contributed by atoms with Crippen LogP contribution in [0.15, 0.2) is 24.5 Å². The quantitative estimate of drug-likeness (QED) is 0.830. The molecule has 3 rings (SSSR count). The molecule has 0 bridgehead atoms. The van der Waals surface area contributed by atoms with E-state index in [9.17, 15) is 13.2 Å². The van der Waals surface area contributed by atoms with Gasteiger partial charge < -0.3 is 10.1 Å². The number of methoxy groups -OCH3 is 1. The predicted molar refractivity (Wildman–Crippen MR) is 85.8 cm³/mol. The first-order valence-corrected chi connectivity index (χ1v) is 8.98. The van der Waals surface area contributed by atoms with Crippen LogP contribution in [0, 0.1) is 12.8 Å². The molecule has 1 atom stereocenters. The lowest BCUT2D eigenvalue weighted by Crippen LogP contribution is -2.51. The number of carbonyl (C=O) groups excluding carboxylic acids is 1. The number of benzene rings is 1. The van der Waals surface area contributed by atoms with E-state index < -0.39 is 21.8 Å². The van der Waals surface area contributed by atoms with Crippen molar-refractivity contribution in [3.63, 3.8) is 0 Å². The molecular formula is C15H17N3O4S. The van der Waals surface area contributed by atoms with Crippen LogP contribution < -0.4 is 5.32 Å². The van der Waals surface area contributed by atoms with Crippen molar-refractivity contribution in [3.05, 3.63) is 30.1 Å². The molecule has 0 amide bonds. The summed E-state index contributed by atoms with van der Waals surface area (Å²) in [6.07, 6.45) is 1.41. The molecule has 122 valence electrons. The van der Waals surface area contributed by atoms with Crippen LogP contribution in [-0.4, -0.2) is 49.0 Å². The number of fused-ring (bicyclic) bond motifs is 1. The third-order valence-electron chi connectivity index (χ3n) is 3.95. The highest BCUT2D eigenvalue weighted by atomic mass is 32.2. The number of aromatic nitrogens is 2. The Bertz CT molecular complexity index is 854. The van der Waals surface area contributed by atoms with Gasteiger partial charge in [-0.1, -0.05) is 6.07 Å². The zero-order valence-electron chi connectivity index (χ0n) is 12.8. The number of rotatable bonds is 4. The maximum absolute atomic E-state index is 12.0. The van der Waals surface area contributed by atoms with Gasteiger partial charge in [-0.3, -0.25) is 0 Å². The Morgan fingerprint density at radius 3 is 2.74 bits per heavy atom. The van der Waals surface area contributed by atoms with Crippen LogP contribution in [0.5, 0.6) is 0 Å². The van der Waals surface area contributed by atoms with Crippen LogP contribution in [0.25, 0.3) is 10.9 Å². The minimum atomic E-state index is -3.04. The summed E-state index contributed by atoms with van der Waals surface area (Å²) in [6.45, 7) is 1.96. The second-order valence-electron chi connectivity index (χ2n) is 5.73. The van der Waals surface area contributed by atoms with E-state index in [1.165, 1.54) is 13.4 Å². The summed E-state index contributed by atoms with van der Waals surface area (Å²) in [5.74, 6) is -0.370. The van der Waals surface area contributed by atoms with Gasteiger partial charge in [0.25, 0.3) is 0 Å². The first-order chi connectivity index (χ1) is 10.9. The van der Waals surface area contributed by atoms with E-state index >= 15 is 0 Å². The third-order valence-corrected chi connectivity index (χ3v) is 5.82. The smallest absolute Gasteiger partial charge is 0.328 e. The van der Waals surface area contributed by atoms with E-state index in [1.807, 2.05) is 25.1 Å². The molecule has 1 aliphatic rings. The van der Waals surface area contributed by atoms with Gasteiger partial charge in [0.15, 0.2) is 9.84 Å². The number of hydrogen-bond acceptors (Lipinski definition) is 7. The Hall–Kier alpha value is -2.22. The SMILES string of the molecule is COC(=O)C(Nc1ncnc2cc(C)ccc12)C1CS(=O)(=O)C1. The lowest BCUT2D eigenvalue weighted by Gasteiger charge is -2.32. The number of nitrogens with zero attached hydrogens (tertiary/aromatic N) is 2. The molecule has 8 heteroatoms. The summed E-state index contributed by atoms with van der Waals surface area (Å²) in [4.78, 5) is 20.4. The van der Waals surface area contributed by atoms with Crippen LogP contribution in [0.2, 0.25) is 0 Å². The fourth-order valence-corrected chi connectivity index (χ4v) is 4.31. The Labute approximate surface area is 134 Å². The van der Waals surface area contributed by atoms with E-state index in [1.54, 1.807) is 0 Å². The van der Waals surface area contributed by atoms with Crippen molar-refractivity contribution in [2.45, 2.75) is 13.0 Å². The van der Waals surface area contributed by atoms with Crippen molar-refractivity contribution >= 4 is 32.5 Å². The van der Waals surface area contributed by atoms with Crippen molar-refractivity contribution in [3.8, 4) is 0 Å². The van der Waals surface area contributed by atoms with Crippen molar-refractivity contribution < 1.29 is 17.9 Å². The van der Waals surface area contributed by atoms with E-state index in [0.29, 0.717) is 5.82 Å². The van der Waals surface area contributed by atoms with Crippen molar-refractivity contribution in [1.29, 1.82) is 0 Å². The largest absolute Gasteiger partial charge is 0.467 e. The molecule has 1 aliphatic heterocycles. The summed E-state index contributed by atoms with van der Waals surface area (Å²) in [5.41, 5.74) is 1.82. The maximum atomic E-state index is 12.0. The molecule has 1 saturated heterocycles. The molecule has 2 aromatic rings. The molecule has 7 nitrogen and oxygen atoms in total. The van der Waals surface area contributed by atoms with Gasteiger partial charge in [0.05, 0.1) is 24.1 Å². The van der Waals surface area contributed by atoms with Gasteiger partial charge in [-0.05, 0) is 24.6 Å². The average molecular weight is 335 g/mol. The normalized spacial score (nSPS) is 18.2. The van der Waals surface area contributed by atoms with Crippen LogP contribution in [0.1, 0.15) is 5.56 Å². The topological polar surface area (TPSA) is 98.2 Å². The number of hydrogen-bond donors (Lipinski definition) is 1. The van der Waals surface area contributed by atoms with E-state index in [4.69, 9.17) is 4.74 Å². The lowest BCUT2D eigenvalue weighted by molar-refractivity contribution is -0.142. The van der Waals surface area contributed by atoms with E-state index in [-0.39, 0.29) is 17.4 Å². The minimum Gasteiger partial charge on any atom is -0.467 e. The summed E-state index contributed by atoms with van der Waals surface area (Å²) < 4.78 is 27.6. The Balaban J connectivity index is 1.93. The number of esters is 1. The number of ether oxygens (including phenoxy) is 1. The Kier molecular flexibility index (Phi) is 3.93. The molecule has 1 unspecified atom stereocenters. The molecule has 0 radical (unpaired) electrons. The maximum Gasteiger partial charge on any atom is 0.328 e. The zero-order chi connectivity index (χ0) is 16.6. The molecule has 23 heavy (non-hydrogen) atoms. The highest BCUT2D eigenvalue weighted by molar-refractivity contribution is 7.92. The third kappa shape index (κ3) is 3.12. The van der Waals surface area contributed by atoms with Crippen molar-refractivity contribution in [2.24, 2.45) is 5.92 Å². The van der Waals surface area contributed by atoms with Crippen LogP contribution >= 0.6 is 0 Å². The molecule has 1 aromatic heterocycles. The molecule has 1 N–H and O–H groups in total. The Morgan fingerprint density at radius 1 is 1.35 bits per heavy atom. The molecule has 0 saturated carbocycles. The summed E-state index contributed by atoms with van der Waals surface area (Å²) in [7, 11) is -1.75. The standard InChI is InChI=1S/C15H17N3O4S/c1-9-3-4-11-12(5-9)16-8-17-14(11)18-13(15(19)22-2)10-6-23(20,21)7-10/h3-5,8,10,13H,6-7H2,1-2H3,(H,16,17,18). The van der Waals surface area contributed by atoms with Gasteiger partial charge in [0, 0.05) is 11.3 Å². The van der Waals surface area contributed by atoms with Gasteiger partial charge >= 0.3 is 5.97 Å². The number of sulfone groups is 1. The number of anilines is 1. The van der Waals surface area contributed by atoms with Crippen molar-refractivity contribution in [1.82, 2.24) is 9.97 Å². The van der Waals surface area contributed by atoms with Gasteiger partial charge in [0.2, 0.25) is 0 Å². The van der Waals surface area contributed by atoms with Gasteiger partial charge in [-0.25, -0.2) is 23.2 Å². The number of nitrogens with one attached hydrogen (secondary N) is 1. The molecule has 2 heterocycles. The van der Waals surface area contributed by atoms with Crippen LogP contribution in [-0.2, 0) is 19.4 Å². The molecule has 0 spiro atoms.